The fraction of sp³-hybridized carbons (Fsp3) is 0.400. The number of nitro groups is 1. The number of hydrogen-bond acceptors (Lipinski definition) is 3. The minimum absolute atomic E-state index is 0.107. The van der Waals surface area contributed by atoms with Crippen molar-refractivity contribution in [3.63, 3.8) is 0 Å². The molecule has 0 amide bonds. The van der Waals surface area contributed by atoms with E-state index in [0.717, 1.165) is 5.56 Å². The lowest BCUT2D eigenvalue weighted by Gasteiger charge is -2.07. The third-order valence-electron chi connectivity index (χ3n) is 1.87. The molecule has 0 N–H and O–H groups in total. The molecular formula is C10H13NO3. The minimum atomic E-state index is -0.670. The predicted molar refractivity (Wildman–Crippen MR) is 53.1 cm³/mol. The van der Waals surface area contributed by atoms with Crippen LogP contribution in [0.2, 0.25) is 0 Å². The number of nitrogens with zero attached hydrogens (tertiary/aromatic N) is 1. The Labute approximate surface area is 82.7 Å². The number of benzene rings is 1. The first-order valence-corrected chi connectivity index (χ1v) is 4.42. The largest absolute Gasteiger partial charge is 0.486 e. The first-order valence-electron chi connectivity index (χ1n) is 4.42. The summed E-state index contributed by atoms with van der Waals surface area (Å²) >= 11 is 0. The molecule has 1 unspecified atom stereocenters. The zero-order chi connectivity index (χ0) is 10.6. The Bertz CT molecular complexity index is 308. The first-order chi connectivity index (χ1) is 6.59. The summed E-state index contributed by atoms with van der Waals surface area (Å²) in [4.78, 5) is 9.95. The van der Waals surface area contributed by atoms with Gasteiger partial charge in [0.25, 0.3) is 0 Å². The van der Waals surface area contributed by atoms with Gasteiger partial charge in [0, 0.05) is 11.8 Å². The molecule has 76 valence electrons. The summed E-state index contributed by atoms with van der Waals surface area (Å²) in [5.41, 5.74) is 1.14. The van der Waals surface area contributed by atoms with Crippen LogP contribution >= 0.6 is 0 Å². The molecule has 4 heteroatoms. The molecule has 0 spiro atoms. The van der Waals surface area contributed by atoms with Crippen LogP contribution in [0.25, 0.3) is 0 Å². The standard InChI is InChI=1S/C10H13NO3/c1-8-3-5-10(6-4-8)14-7-9(2)11(12)13/h3-6,9H,7H2,1-2H3. The Hall–Kier alpha value is -1.58. The molecule has 0 heterocycles. The van der Waals surface area contributed by atoms with Crippen molar-refractivity contribution in [3.8, 4) is 5.75 Å². The van der Waals surface area contributed by atoms with Crippen molar-refractivity contribution in [1.29, 1.82) is 0 Å². The van der Waals surface area contributed by atoms with E-state index in [1.54, 1.807) is 0 Å². The smallest absolute Gasteiger partial charge is 0.243 e. The van der Waals surface area contributed by atoms with E-state index in [4.69, 9.17) is 4.74 Å². The van der Waals surface area contributed by atoms with Crippen LogP contribution in [0.1, 0.15) is 12.5 Å². The van der Waals surface area contributed by atoms with Crippen molar-refractivity contribution in [3.05, 3.63) is 39.9 Å². The lowest BCUT2D eigenvalue weighted by molar-refractivity contribution is -0.520. The van der Waals surface area contributed by atoms with Crippen molar-refractivity contribution in [2.24, 2.45) is 0 Å². The molecule has 0 radical (unpaired) electrons. The van der Waals surface area contributed by atoms with Crippen LogP contribution < -0.4 is 4.74 Å². The van der Waals surface area contributed by atoms with E-state index in [9.17, 15) is 10.1 Å². The second-order valence-electron chi connectivity index (χ2n) is 3.26. The quantitative estimate of drug-likeness (QED) is 0.545. The number of hydrogen-bond donors (Lipinski definition) is 0. The zero-order valence-corrected chi connectivity index (χ0v) is 8.27. The van der Waals surface area contributed by atoms with Crippen molar-refractivity contribution in [1.82, 2.24) is 0 Å². The second-order valence-corrected chi connectivity index (χ2v) is 3.26. The highest BCUT2D eigenvalue weighted by Crippen LogP contribution is 2.11. The fourth-order valence-electron chi connectivity index (χ4n) is 0.912. The summed E-state index contributed by atoms with van der Waals surface area (Å²) in [6, 6.07) is 6.76. The molecule has 0 aromatic heterocycles. The number of ether oxygens (including phenoxy) is 1. The Morgan fingerprint density at radius 3 is 2.50 bits per heavy atom. The summed E-state index contributed by atoms with van der Waals surface area (Å²) in [6.07, 6.45) is 0. The molecule has 1 aromatic rings. The van der Waals surface area contributed by atoms with Crippen LogP contribution in [0.5, 0.6) is 5.75 Å². The maximum absolute atomic E-state index is 10.3. The normalized spacial score (nSPS) is 12.1. The fourth-order valence-corrected chi connectivity index (χ4v) is 0.912. The maximum atomic E-state index is 10.3. The van der Waals surface area contributed by atoms with Crippen LogP contribution in [-0.4, -0.2) is 17.6 Å². The van der Waals surface area contributed by atoms with E-state index in [2.05, 4.69) is 0 Å². The molecule has 0 saturated heterocycles. The molecule has 0 saturated carbocycles. The van der Waals surface area contributed by atoms with Crippen LogP contribution in [0, 0.1) is 17.0 Å². The Morgan fingerprint density at radius 1 is 1.43 bits per heavy atom. The van der Waals surface area contributed by atoms with Crippen LogP contribution in [0.15, 0.2) is 24.3 Å². The average molecular weight is 195 g/mol. The van der Waals surface area contributed by atoms with Gasteiger partial charge in [0.15, 0.2) is 6.61 Å². The van der Waals surface area contributed by atoms with Crippen molar-refractivity contribution >= 4 is 0 Å². The van der Waals surface area contributed by atoms with Gasteiger partial charge in [-0.25, -0.2) is 0 Å². The molecule has 0 fully saturated rings. The molecule has 14 heavy (non-hydrogen) atoms. The molecule has 0 aliphatic rings. The van der Waals surface area contributed by atoms with Gasteiger partial charge in [-0.05, 0) is 19.1 Å². The summed E-state index contributed by atoms with van der Waals surface area (Å²) in [6.45, 7) is 3.60. The first kappa shape index (κ1) is 10.5. The Balaban J connectivity index is 2.46. The highest BCUT2D eigenvalue weighted by Gasteiger charge is 2.12. The van der Waals surface area contributed by atoms with Crippen LogP contribution in [-0.2, 0) is 0 Å². The highest BCUT2D eigenvalue weighted by atomic mass is 16.6. The average Bonchev–Trinajstić information content (AvgIpc) is 2.16. The third-order valence-corrected chi connectivity index (χ3v) is 1.87. The van der Waals surface area contributed by atoms with Gasteiger partial charge in [0.1, 0.15) is 5.75 Å². The predicted octanol–water partition coefficient (Wildman–Crippen LogP) is 2.04. The molecular weight excluding hydrogens is 182 g/mol. The van der Waals surface area contributed by atoms with Gasteiger partial charge >= 0.3 is 0 Å². The topological polar surface area (TPSA) is 52.4 Å². The van der Waals surface area contributed by atoms with E-state index >= 15 is 0 Å². The SMILES string of the molecule is Cc1ccc(OCC(C)[N+](=O)[O-])cc1. The Morgan fingerprint density at radius 2 is 2.00 bits per heavy atom. The lowest BCUT2D eigenvalue weighted by atomic mass is 10.2. The van der Waals surface area contributed by atoms with Crippen molar-refractivity contribution < 1.29 is 9.66 Å². The number of rotatable bonds is 4. The summed E-state index contributed by atoms with van der Waals surface area (Å²) in [5.74, 6) is 0.671. The van der Waals surface area contributed by atoms with Gasteiger partial charge in [-0.2, -0.15) is 0 Å². The summed E-state index contributed by atoms with van der Waals surface area (Å²) in [7, 11) is 0. The van der Waals surface area contributed by atoms with Gasteiger partial charge in [-0.15, -0.1) is 0 Å². The maximum Gasteiger partial charge on any atom is 0.243 e. The van der Waals surface area contributed by atoms with E-state index in [-0.39, 0.29) is 11.5 Å². The summed E-state index contributed by atoms with van der Waals surface area (Å²) in [5, 5.41) is 10.3. The lowest BCUT2D eigenvalue weighted by Crippen LogP contribution is -2.23. The van der Waals surface area contributed by atoms with E-state index < -0.39 is 6.04 Å². The molecule has 1 aromatic carbocycles. The van der Waals surface area contributed by atoms with E-state index in [1.165, 1.54) is 6.92 Å². The highest BCUT2D eigenvalue weighted by molar-refractivity contribution is 5.26. The second kappa shape index (κ2) is 4.60. The monoisotopic (exact) mass is 195 g/mol. The molecule has 0 aliphatic heterocycles. The van der Waals surface area contributed by atoms with E-state index in [1.807, 2.05) is 31.2 Å². The van der Waals surface area contributed by atoms with Gasteiger partial charge in [-0.3, -0.25) is 10.1 Å². The van der Waals surface area contributed by atoms with Gasteiger partial charge in [0.2, 0.25) is 6.04 Å². The minimum Gasteiger partial charge on any atom is -0.486 e. The molecule has 1 atom stereocenters. The molecule has 1 rings (SSSR count). The van der Waals surface area contributed by atoms with Crippen molar-refractivity contribution in [2.45, 2.75) is 19.9 Å². The van der Waals surface area contributed by atoms with Gasteiger partial charge < -0.3 is 4.74 Å². The molecule has 0 bridgehead atoms. The van der Waals surface area contributed by atoms with Crippen LogP contribution in [0.3, 0.4) is 0 Å². The summed E-state index contributed by atoms with van der Waals surface area (Å²) < 4.78 is 5.24. The zero-order valence-electron chi connectivity index (χ0n) is 8.27. The third kappa shape index (κ3) is 3.05. The number of aryl methyl sites for hydroxylation is 1. The Kier molecular flexibility index (Phi) is 3.45. The van der Waals surface area contributed by atoms with E-state index in [0.29, 0.717) is 5.75 Å². The van der Waals surface area contributed by atoms with Gasteiger partial charge in [0.05, 0.1) is 0 Å². The van der Waals surface area contributed by atoms with Gasteiger partial charge in [-0.1, -0.05) is 17.7 Å². The van der Waals surface area contributed by atoms with Crippen molar-refractivity contribution in [2.75, 3.05) is 6.61 Å². The molecule has 0 aliphatic carbocycles. The molecule has 4 nitrogen and oxygen atoms in total. The van der Waals surface area contributed by atoms with Crippen LogP contribution in [0.4, 0.5) is 0 Å².